The van der Waals surface area contributed by atoms with Crippen LogP contribution in [0, 0.1) is 5.82 Å². The highest BCUT2D eigenvalue weighted by molar-refractivity contribution is 6.10. The number of carbonyl (C=O) groups is 1. The molecule has 1 amide bonds. The third-order valence-electron chi connectivity index (χ3n) is 7.46. The molecule has 4 aromatic heterocycles. The molecule has 5 heterocycles. The molecule has 1 aliphatic rings. The van der Waals surface area contributed by atoms with Gasteiger partial charge in [-0.3, -0.25) is 14.7 Å². The Morgan fingerprint density at radius 2 is 1.90 bits per heavy atom. The molecule has 0 spiro atoms. The van der Waals surface area contributed by atoms with Crippen LogP contribution in [-0.4, -0.2) is 55.0 Å². The van der Waals surface area contributed by atoms with Gasteiger partial charge in [0.05, 0.1) is 17.3 Å². The lowest BCUT2D eigenvalue weighted by molar-refractivity contribution is 0.0968. The van der Waals surface area contributed by atoms with Gasteiger partial charge < -0.3 is 5.32 Å². The molecule has 2 aromatic carbocycles. The minimum atomic E-state index is -0.653. The van der Waals surface area contributed by atoms with Crippen LogP contribution in [-0.2, 0) is 0 Å². The Balaban J connectivity index is 1.30. The fourth-order valence-corrected chi connectivity index (χ4v) is 5.43. The molecule has 0 aliphatic carbocycles. The van der Waals surface area contributed by atoms with Crippen LogP contribution in [0.5, 0.6) is 0 Å². The first-order chi connectivity index (χ1) is 20.2. The highest BCUT2D eigenvalue weighted by atomic mass is 19.1. The largest absolute Gasteiger partial charge is 0.315 e. The van der Waals surface area contributed by atoms with Crippen molar-refractivity contribution in [1.29, 1.82) is 0 Å². The molecule has 10 heteroatoms. The molecule has 0 unspecified atom stereocenters. The van der Waals surface area contributed by atoms with E-state index in [4.69, 9.17) is 0 Å². The number of pyridine rings is 3. The summed E-state index contributed by atoms with van der Waals surface area (Å²) in [6, 6.07) is 19.7. The number of anilines is 1. The summed E-state index contributed by atoms with van der Waals surface area (Å²) in [5.41, 5.74) is 3.50. The smallest absolute Gasteiger partial charge is 0.262 e. The van der Waals surface area contributed by atoms with E-state index < -0.39 is 11.7 Å². The third-order valence-corrected chi connectivity index (χ3v) is 7.46. The lowest BCUT2D eigenvalue weighted by atomic mass is 10.0. The fraction of sp³-hybridized carbons (Fsp3) is 0.161. The second-order valence-corrected chi connectivity index (χ2v) is 10.00. The second kappa shape index (κ2) is 10.5. The number of nitrogens with one attached hydrogen (secondary N) is 1. The van der Waals surface area contributed by atoms with Gasteiger partial charge in [0, 0.05) is 48.3 Å². The number of piperidine rings is 1. The van der Waals surface area contributed by atoms with Crippen LogP contribution in [0.1, 0.15) is 23.2 Å². The fourth-order valence-electron chi connectivity index (χ4n) is 5.43. The Bertz CT molecular complexity index is 1880. The van der Waals surface area contributed by atoms with E-state index >= 15 is 4.39 Å². The molecule has 7 rings (SSSR count). The molecule has 0 radical (unpaired) electrons. The summed E-state index contributed by atoms with van der Waals surface area (Å²) in [4.78, 5) is 29.0. The van der Waals surface area contributed by atoms with Crippen molar-refractivity contribution >= 4 is 33.7 Å². The van der Waals surface area contributed by atoms with Gasteiger partial charge in [-0.15, -0.1) is 5.10 Å². The number of halogens is 1. The SMILES string of the molecule is O=C(c1ccc(-n2nnc3cccnc32)cc1F)N(c1nccc2cc(-c3cccnc3)ccc12)[C@@H]1CCCNC1. The number of hydrogen-bond acceptors (Lipinski definition) is 7. The summed E-state index contributed by atoms with van der Waals surface area (Å²) < 4.78 is 17.2. The number of benzene rings is 2. The molecule has 9 nitrogen and oxygen atoms in total. The minimum absolute atomic E-state index is 0.0394. The second-order valence-electron chi connectivity index (χ2n) is 10.00. The molecule has 202 valence electrons. The van der Waals surface area contributed by atoms with Crippen LogP contribution in [0.4, 0.5) is 10.2 Å². The van der Waals surface area contributed by atoms with Gasteiger partial charge in [-0.05, 0) is 72.8 Å². The zero-order valence-electron chi connectivity index (χ0n) is 22.0. The Labute approximate surface area is 234 Å². The number of rotatable bonds is 5. The Morgan fingerprint density at radius 3 is 2.73 bits per heavy atom. The van der Waals surface area contributed by atoms with Crippen LogP contribution in [0.2, 0.25) is 0 Å². The number of amides is 1. The van der Waals surface area contributed by atoms with E-state index in [2.05, 4.69) is 36.6 Å². The quantitative estimate of drug-likeness (QED) is 0.327. The molecule has 1 atom stereocenters. The molecule has 41 heavy (non-hydrogen) atoms. The average Bonchev–Trinajstić information content (AvgIpc) is 3.46. The molecule has 6 aromatic rings. The summed E-state index contributed by atoms with van der Waals surface area (Å²) in [5, 5.41) is 13.3. The van der Waals surface area contributed by atoms with E-state index in [1.807, 2.05) is 36.5 Å². The molecule has 1 fully saturated rings. The van der Waals surface area contributed by atoms with Crippen LogP contribution in [0.15, 0.2) is 91.5 Å². The predicted octanol–water partition coefficient (Wildman–Crippen LogP) is 4.96. The minimum Gasteiger partial charge on any atom is -0.315 e. The highest BCUT2D eigenvalue weighted by Gasteiger charge is 2.31. The van der Waals surface area contributed by atoms with Crippen molar-refractivity contribution < 1.29 is 9.18 Å². The molecule has 0 saturated carbocycles. The van der Waals surface area contributed by atoms with Gasteiger partial charge in [0.2, 0.25) is 0 Å². The Hall–Kier alpha value is -5.09. The summed E-state index contributed by atoms with van der Waals surface area (Å²) in [5.74, 6) is -0.588. The van der Waals surface area contributed by atoms with E-state index in [0.29, 0.717) is 29.2 Å². The number of aromatic nitrogens is 6. The molecular weight excluding hydrogens is 519 g/mol. The summed E-state index contributed by atoms with van der Waals surface area (Å²) in [6.07, 6.45) is 8.56. The molecule has 1 saturated heterocycles. The van der Waals surface area contributed by atoms with Gasteiger partial charge in [0.25, 0.3) is 5.91 Å². The van der Waals surface area contributed by atoms with Crippen LogP contribution in [0.25, 0.3) is 38.8 Å². The lowest BCUT2D eigenvalue weighted by Crippen LogP contribution is -2.49. The Kier molecular flexibility index (Phi) is 6.36. The zero-order chi connectivity index (χ0) is 27.8. The van der Waals surface area contributed by atoms with Crippen LogP contribution in [0.3, 0.4) is 0 Å². The number of carbonyl (C=O) groups excluding carboxylic acids is 1. The maximum atomic E-state index is 15.7. The number of hydrogen-bond donors (Lipinski definition) is 1. The maximum Gasteiger partial charge on any atom is 0.262 e. The summed E-state index contributed by atoms with van der Waals surface area (Å²) in [7, 11) is 0. The predicted molar refractivity (Wildman–Crippen MR) is 154 cm³/mol. The van der Waals surface area contributed by atoms with Crippen molar-refractivity contribution in [1.82, 2.24) is 35.3 Å². The maximum absolute atomic E-state index is 15.7. The van der Waals surface area contributed by atoms with Crippen LogP contribution >= 0.6 is 0 Å². The highest BCUT2D eigenvalue weighted by Crippen LogP contribution is 2.32. The van der Waals surface area contributed by atoms with E-state index in [-0.39, 0.29) is 11.6 Å². The van der Waals surface area contributed by atoms with Crippen molar-refractivity contribution in [2.45, 2.75) is 18.9 Å². The van der Waals surface area contributed by atoms with Gasteiger partial charge in [0.15, 0.2) is 5.65 Å². The van der Waals surface area contributed by atoms with Crippen molar-refractivity contribution in [3.05, 3.63) is 103 Å². The van der Waals surface area contributed by atoms with Gasteiger partial charge in [-0.2, -0.15) is 4.68 Å². The molecule has 0 bridgehead atoms. The number of fused-ring (bicyclic) bond motifs is 2. The monoisotopic (exact) mass is 544 g/mol. The first kappa shape index (κ1) is 24.9. The van der Waals surface area contributed by atoms with Gasteiger partial charge in [-0.1, -0.05) is 23.4 Å². The first-order valence-electron chi connectivity index (χ1n) is 13.5. The lowest BCUT2D eigenvalue weighted by Gasteiger charge is -2.34. The van der Waals surface area contributed by atoms with Gasteiger partial charge in [0.1, 0.15) is 17.2 Å². The summed E-state index contributed by atoms with van der Waals surface area (Å²) >= 11 is 0. The topological polar surface area (TPSA) is 102 Å². The molecule has 1 aliphatic heterocycles. The van der Waals surface area contributed by atoms with Gasteiger partial charge in [-0.25, -0.2) is 14.4 Å². The molecule has 1 N–H and O–H groups in total. The average molecular weight is 545 g/mol. The standard InChI is InChI=1S/C31H25FN8O/c32-27-17-23(40-30-28(37-38-40)6-3-14-35-30)8-10-26(27)31(41)39(24-5-2-13-34-19-24)29-25-9-7-20(16-21(25)11-15-36-29)22-4-1-12-33-18-22/h1,3-4,6-12,14-18,24,34H,2,5,13,19H2/t24-/m1/s1. The van der Waals surface area contributed by atoms with E-state index in [1.165, 1.54) is 16.8 Å². The van der Waals surface area contributed by atoms with E-state index in [0.717, 1.165) is 41.3 Å². The van der Waals surface area contributed by atoms with Crippen molar-refractivity contribution in [3.8, 4) is 16.8 Å². The first-order valence-corrected chi connectivity index (χ1v) is 13.5. The third kappa shape index (κ3) is 4.57. The van der Waals surface area contributed by atoms with Gasteiger partial charge >= 0.3 is 0 Å². The van der Waals surface area contributed by atoms with Crippen molar-refractivity contribution in [2.75, 3.05) is 18.0 Å². The van der Waals surface area contributed by atoms with E-state index in [9.17, 15) is 4.79 Å². The molecular formula is C31H25FN8O. The van der Waals surface area contributed by atoms with E-state index in [1.54, 1.807) is 41.7 Å². The zero-order valence-corrected chi connectivity index (χ0v) is 22.0. The summed E-state index contributed by atoms with van der Waals surface area (Å²) in [6.45, 7) is 1.47. The normalized spacial score (nSPS) is 15.3. The van der Waals surface area contributed by atoms with Crippen molar-refractivity contribution in [3.63, 3.8) is 0 Å². The Morgan fingerprint density at radius 1 is 0.976 bits per heavy atom. The van der Waals surface area contributed by atoms with Crippen molar-refractivity contribution in [2.24, 2.45) is 0 Å². The van der Waals surface area contributed by atoms with Crippen LogP contribution < -0.4 is 10.2 Å². The number of nitrogens with zero attached hydrogens (tertiary/aromatic N) is 7.